The first-order valence-electron chi connectivity index (χ1n) is 10.7. The highest BCUT2D eigenvalue weighted by Gasteiger charge is 2.22. The fourth-order valence-corrected chi connectivity index (χ4v) is 3.64. The number of nitrogens with zero attached hydrogens (tertiary/aromatic N) is 3. The van der Waals surface area contributed by atoms with Gasteiger partial charge < -0.3 is 25.2 Å². The molecule has 1 aliphatic rings. The lowest BCUT2D eigenvalue weighted by molar-refractivity contribution is -0.116. The summed E-state index contributed by atoms with van der Waals surface area (Å²) in [5, 5.41) is 6.39. The maximum Gasteiger partial charge on any atom is 0.238 e. The number of hydrogen-bond donors (Lipinski definition) is 2. The first-order chi connectivity index (χ1) is 15.0. The number of para-hydroxylation sites is 1. The average Bonchev–Trinajstić information content (AvgIpc) is 2.75. The monoisotopic (exact) mass is 423 g/mol. The van der Waals surface area contributed by atoms with Crippen LogP contribution in [0.3, 0.4) is 0 Å². The molecule has 0 unspecified atom stereocenters. The van der Waals surface area contributed by atoms with Gasteiger partial charge in [-0.3, -0.25) is 9.79 Å². The smallest absolute Gasteiger partial charge is 0.238 e. The molecule has 0 spiro atoms. The third-order valence-electron chi connectivity index (χ3n) is 5.12. The number of ether oxygens (including phenoxy) is 1. The number of amides is 1. The number of guanidine groups is 1. The number of hydrogen-bond acceptors (Lipinski definition) is 4. The van der Waals surface area contributed by atoms with Crippen molar-refractivity contribution in [1.29, 1.82) is 0 Å². The van der Waals surface area contributed by atoms with Crippen molar-refractivity contribution in [2.24, 2.45) is 4.99 Å². The van der Waals surface area contributed by atoms with Crippen LogP contribution in [-0.2, 0) is 11.3 Å². The predicted octanol–water partition coefficient (Wildman–Crippen LogP) is 2.81. The van der Waals surface area contributed by atoms with Crippen LogP contribution in [0.4, 0.5) is 5.69 Å². The topological polar surface area (TPSA) is 69.2 Å². The van der Waals surface area contributed by atoms with E-state index in [4.69, 9.17) is 4.74 Å². The zero-order chi connectivity index (χ0) is 22.1. The number of likely N-dealkylation sites (N-methyl/N-ethyl adjacent to an activating group) is 1. The molecule has 3 rings (SSSR count). The van der Waals surface area contributed by atoms with E-state index in [1.54, 1.807) is 0 Å². The standard InChI is InChI=1S/C24H33N5O2/c1-25-24(29-14-12-22(13-15-29)31-21-10-5-4-6-11-21)26-17-19-8-7-9-20(16-19)27-23(30)18-28(2)3/h4-11,16,22H,12-15,17-18H2,1-3H3,(H,25,26)(H,27,30). The Morgan fingerprint density at radius 3 is 2.55 bits per heavy atom. The molecule has 1 saturated heterocycles. The summed E-state index contributed by atoms with van der Waals surface area (Å²) in [5.74, 6) is 1.80. The molecule has 166 valence electrons. The van der Waals surface area contributed by atoms with Gasteiger partial charge in [0.05, 0.1) is 6.54 Å². The molecule has 0 saturated carbocycles. The third-order valence-corrected chi connectivity index (χ3v) is 5.12. The van der Waals surface area contributed by atoms with E-state index in [0.29, 0.717) is 13.1 Å². The summed E-state index contributed by atoms with van der Waals surface area (Å²) < 4.78 is 6.09. The van der Waals surface area contributed by atoms with Crippen molar-refractivity contribution in [3.8, 4) is 5.75 Å². The van der Waals surface area contributed by atoms with Gasteiger partial charge in [0.2, 0.25) is 5.91 Å². The van der Waals surface area contributed by atoms with Gasteiger partial charge in [0.15, 0.2) is 5.96 Å². The average molecular weight is 424 g/mol. The fourth-order valence-electron chi connectivity index (χ4n) is 3.64. The Labute approximate surface area is 185 Å². The van der Waals surface area contributed by atoms with Crippen molar-refractivity contribution in [2.45, 2.75) is 25.5 Å². The van der Waals surface area contributed by atoms with Gasteiger partial charge in [-0.15, -0.1) is 0 Å². The molecule has 1 amide bonds. The van der Waals surface area contributed by atoms with Crippen molar-refractivity contribution in [3.05, 3.63) is 60.2 Å². The van der Waals surface area contributed by atoms with Gasteiger partial charge >= 0.3 is 0 Å². The van der Waals surface area contributed by atoms with Crippen molar-refractivity contribution in [3.63, 3.8) is 0 Å². The first-order valence-corrected chi connectivity index (χ1v) is 10.7. The molecule has 2 aromatic carbocycles. The number of nitrogens with one attached hydrogen (secondary N) is 2. The molecule has 1 fully saturated rings. The Kier molecular flexibility index (Phi) is 8.29. The van der Waals surface area contributed by atoms with Crippen LogP contribution in [0.2, 0.25) is 0 Å². The lowest BCUT2D eigenvalue weighted by Crippen LogP contribution is -2.47. The Bertz CT molecular complexity index is 861. The highest BCUT2D eigenvalue weighted by atomic mass is 16.5. The Balaban J connectivity index is 1.47. The van der Waals surface area contributed by atoms with Gasteiger partial charge in [0, 0.05) is 45.2 Å². The van der Waals surface area contributed by atoms with E-state index in [-0.39, 0.29) is 12.0 Å². The van der Waals surface area contributed by atoms with E-state index in [2.05, 4.69) is 20.5 Å². The number of carbonyl (C=O) groups excluding carboxylic acids is 1. The van der Waals surface area contributed by atoms with Crippen molar-refractivity contribution >= 4 is 17.6 Å². The second-order valence-electron chi connectivity index (χ2n) is 8.00. The minimum atomic E-state index is -0.0217. The van der Waals surface area contributed by atoms with Gasteiger partial charge in [-0.05, 0) is 43.9 Å². The second-order valence-corrected chi connectivity index (χ2v) is 8.00. The molecular weight excluding hydrogens is 390 g/mol. The maximum atomic E-state index is 12.0. The van der Waals surface area contributed by atoms with E-state index in [1.165, 1.54) is 0 Å². The van der Waals surface area contributed by atoms with E-state index >= 15 is 0 Å². The van der Waals surface area contributed by atoms with Crippen LogP contribution in [0.1, 0.15) is 18.4 Å². The number of rotatable bonds is 7. The van der Waals surface area contributed by atoms with Crippen LogP contribution < -0.4 is 15.4 Å². The molecule has 1 aliphatic heterocycles. The minimum Gasteiger partial charge on any atom is -0.490 e. The van der Waals surface area contributed by atoms with Gasteiger partial charge in [0.1, 0.15) is 11.9 Å². The molecule has 0 radical (unpaired) electrons. The predicted molar refractivity (Wildman–Crippen MR) is 125 cm³/mol. The lowest BCUT2D eigenvalue weighted by Gasteiger charge is -2.34. The van der Waals surface area contributed by atoms with Gasteiger partial charge in [-0.1, -0.05) is 30.3 Å². The normalized spacial score (nSPS) is 15.1. The van der Waals surface area contributed by atoms with Crippen LogP contribution in [0, 0.1) is 0 Å². The van der Waals surface area contributed by atoms with Crippen LogP contribution >= 0.6 is 0 Å². The molecular formula is C24H33N5O2. The largest absolute Gasteiger partial charge is 0.490 e. The van der Waals surface area contributed by atoms with Gasteiger partial charge in [-0.2, -0.15) is 0 Å². The molecule has 2 aromatic rings. The molecule has 31 heavy (non-hydrogen) atoms. The van der Waals surface area contributed by atoms with E-state index in [1.807, 2.05) is 80.6 Å². The number of aliphatic imine (C=N–C) groups is 1. The van der Waals surface area contributed by atoms with Crippen molar-refractivity contribution < 1.29 is 9.53 Å². The fraction of sp³-hybridized carbons (Fsp3) is 0.417. The summed E-state index contributed by atoms with van der Waals surface area (Å²) in [5.41, 5.74) is 1.89. The van der Waals surface area contributed by atoms with Crippen LogP contribution in [-0.4, -0.2) is 68.5 Å². The van der Waals surface area contributed by atoms with E-state index < -0.39 is 0 Å². The zero-order valence-electron chi connectivity index (χ0n) is 18.7. The molecule has 0 bridgehead atoms. The first kappa shape index (κ1) is 22.6. The second kappa shape index (κ2) is 11.4. The van der Waals surface area contributed by atoms with Crippen molar-refractivity contribution in [2.75, 3.05) is 46.1 Å². The Morgan fingerprint density at radius 2 is 1.87 bits per heavy atom. The van der Waals surface area contributed by atoms with Crippen LogP contribution in [0.15, 0.2) is 59.6 Å². The molecule has 1 heterocycles. The number of anilines is 1. The summed E-state index contributed by atoms with van der Waals surface area (Å²) in [6.07, 6.45) is 2.16. The number of likely N-dealkylation sites (tertiary alicyclic amines) is 1. The van der Waals surface area contributed by atoms with Crippen LogP contribution in [0.25, 0.3) is 0 Å². The minimum absolute atomic E-state index is 0.0217. The molecule has 7 heteroatoms. The van der Waals surface area contributed by atoms with Gasteiger partial charge in [0.25, 0.3) is 0 Å². The molecule has 0 aliphatic carbocycles. The maximum absolute atomic E-state index is 12.0. The summed E-state index contributed by atoms with van der Waals surface area (Å²) in [6.45, 7) is 2.80. The number of benzene rings is 2. The number of carbonyl (C=O) groups is 1. The Hall–Kier alpha value is -3.06. The molecule has 7 nitrogen and oxygen atoms in total. The van der Waals surface area contributed by atoms with Crippen molar-refractivity contribution in [1.82, 2.24) is 15.1 Å². The van der Waals surface area contributed by atoms with Gasteiger partial charge in [-0.25, -0.2) is 0 Å². The number of piperidine rings is 1. The lowest BCUT2D eigenvalue weighted by atomic mass is 10.1. The molecule has 0 atom stereocenters. The van der Waals surface area contributed by atoms with E-state index in [9.17, 15) is 4.79 Å². The quantitative estimate of drug-likeness (QED) is 0.529. The molecule has 2 N–H and O–H groups in total. The zero-order valence-corrected chi connectivity index (χ0v) is 18.7. The molecule has 0 aromatic heterocycles. The highest BCUT2D eigenvalue weighted by molar-refractivity contribution is 5.92. The Morgan fingerprint density at radius 1 is 1.13 bits per heavy atom. The summed E-state index contributed by atoms with van der Waals surface area (Å²) in [6, 6.07) is 17.9. The van der Waals surface area contributed by atoms with E-state index in [0.717, 1.165) is 48.9 Å². The summed E-state index contributed by atoms with van der Waals surface area (Å²) in [4.78, 5) is 20.6. The highest BCUT2D eigenvalue weighted by Crippen LogP contribution is 2.19. The third kappa shape index (κ3) is 7.29. The van der Waals surface area contributed by atoms with Crippen LogP contribution in [0.5, 0.6) is 5.75 Å². The SMILES string of the molecule is CN=C(NCc1cccc(NC(=O)CN(C)C)c1)N1CCC(Oc2ccccc2)CC1. The summed E-state index contributed by atoms with van der Waals surface area (Å²) in [7, 11) is 5.57. The summed E-state index contributed by atoms with van der Waals surface area (Å²) >= 11 is 0.